The van der Waals surface area contributed by atoms with Gasteiger partial charge in [-0.25, -0.2) is 0 Å². The molecule has 1 aliphatic rings. The third-order valence-corrected chi connectivity index (χ3v) is 3.66. The van der Waals surface area contributed by atoms with Crippen LogP contribution in [0.4, 0.5) is 0 Å². The molecule has 0 amide bonds. The number of furan rings is 1. The molecular formula is C12H19NO2. The van der Waals surface area contributed by atoms with Crippen molar-refractivity contribution in [2.75, 3.05) is 0 Å². The van der Waals surface area contributed by atoms with Gasteiger partial charge in [0.05, 0.1) is 24.7 Å². The largest absolute Gasteiger partial charge is 0.472 e. The first-order valence-electron chi connectivity index (χ1n) is 5.54. The van der Waals surface area contributed by atoms with E-state index in [2.05, 4.69) is 20.8 Å². The molecule has 2 N–H and O–H groups in total. The molecule has 84 valence electrons. The lowest BCUT2D eigenvalue weighted by atomic mass is 9.82. The van der Waals surface area contributed by atoms with E-state index in [1.807, 2.05) is 6.07 Å². The number of hydrogen-bond donors (Lipinski definition) is 1. The number of nitrogens with two attached hydrogens (primary N) is 1. The SMILES string of the molecule is CC1OC(C)C(C(N)c2ccoc2)C1C. The van der Waals surface area contributed by atoms with Gasteiger partial charge in [0.15, 0.2) is 0 Å². The molecule has 1 fully saturated rings. The molecule has 3 heteroatoms. The molecule has 5 atom stereocenters. The lowest BCUT2D eigenvalue weighted by Gasteiger charge is -2.24. The lowest BCUT2D eigenvalue weighted by Crippen LogP contribution is -2.30. The van der Waals surface area contributed by atoms with Crippen molar-refractivity contribution in [2.24, 2.45) is 17.6 Å². The van der Waals surface area contributed by atoms with E-state index in [-0.39, 0.29) is 12.1 Å². The highest BCUT2D eigenvalue weighted by Crippen LogP contribution is 2.39. The van der Waals surface area contributed by atoms with Crippen molar-refractivity contribution < 1.29 is 9.15 Å². The molecule has 1 aromatic heterocycles. The summed E-state index contributed by atoms with van der Waals surface area (Å²) in [6.07, 6.45) is 3.92. The van der Waals surface area contributed by atoms with E-state index in [9.17, 15) is 0 Å². The van der Waals surface area contributed by atoms with Crippen LogP contribution in [0.5, 0.6) is 0 Å². The van der Waals surface area contributed by atoms with Crippen LogP contribution in [-0.2, 0) is 4.74 Å². The van der Waals surface area contributed by atoms with Crippen molar-refractivity contribution in [3.8, 4) is 0 Å². The maximum atomic E-state index is 6.25. The van der Waals surface area contributed by atoms with Gasteiger partial charge in [-0.1, -0.05) is 6.92 Å². The summed E-state index contributed by atoms with van der Waals surface area (Å²) in [4.78, 5) is 0. The molecule has 1 aliphatic heterocycles. The fourth-order valence-corrected chi connectivity index (χ4v) is 2.60. The average molecular weight is 209 g/mol. The first kappa shape index (κ1) is 10.7. The summed E-state index contributed by atoms with van der Waals surface area (Å²) < 4.78 is 10.9. The summed E-state index contributed by atoms with van der Waals surface area (Å²) in [6, 6.07) is 1.95. The molecule has 1 aromatic rings. The second-order valence-electron chi connectivity index (χ2n) is 4.57. The van der Waals surface area contributed by atoms with Crippen LogP contribution >= 0.6 is 0 Å². The second-order valence-corrected chi connectivity index (χ2v) is 4.57. The Bertz CT molecular complexity index is 309. The minimum Gasteiger partial charge on any atom is -0.472 e. The van der Waals surface area contributed by atoms with E-state index in [0.29, 0.717) is 17.9 Å². The van der Waals surface area contributed by atoms with E-state index < -0.39 is 0 Å². The molecule has 0 spiro atoms. The molecule has 2 rings (SSSR count). The van der Waals surface area contributed by atoms with E-state index in [4.69, 9.17) is 14.9 Å². The van der Waals surface area contributed by atoms with Crippen LogP contribution in [0.25, 0.3) is 0 Å². The summed E-state index contributed by atoms with van der Waals surface area (Å²) in [5, 5.41) is 0. The third kappa shape index (κ3) is 1.82. The molecule has 0 aliphatic carbocycles. The Labute approximate surface area is 90.6 Å². The smallest absolute Gasteiger partial charge is 0.0950 e. The standard InChI is InChI=1S/C12H19NO2/c1-7-8(2)15-9(3)11(7)12(13)10-4-5-14-6-10/h4-9,11-12H,13H2,1-3H3. The predicted molar refractivity (Wildman–Crippen MR) is 58.3 cm³/mol. The minimum absolute atomic E-state index is 0.0127. The highest BCUT2D eigenvalue weighted by Gasteiger charge is 2.40. The number of ether oxygens (including phenoxy) is 1. The summed E-state index contributed by atoms with van der Waals surface area (Å²) in [7, 11) is 0. The molecule has 15 heavy (non-hydrogen) atoms. The van der Waals surface area contributed by atoms with Crippen LogP contribution in [-0.4, -0.2) is 12.2 Å². The first-order chi connectivity index (χ1) is 7.11. The molecule has 0 radical (unpaired) electrons. The summed E-state index contributed by atoms with van der Waals surface area (Å²) in [5.74, 6) is 0.863. The van der Waals surface area contributed by atoms with Crippen LogP contribution in [0.15, 0.2) is 23.0 Å². The van der Waals surface area contributed by atoms with Gasteiger partial charge in [0.2, 0.25) is 0 Å². The Hall–Kier alpha value is -0.800. The van der Waals surface area contributed by atoms with Crippen LogP contribution in [0.2, 0.25) is 0 Å². The normalized spacial score (nSPS) is 38.1. The summed E-state index contributed by atoms with van der Waals surface area (Å²) >= 11 is 0. The van der Waals surface area contributed by atoms with Gasteiger partial charge in [0.25, 0.3) is 0 Å². The highest BCUT2D eigenvalue weighted by atomic mass is 16.5. The topological polar surface area (TPSA) is 48.4 Å². The maximum absolute atomic E-state index is 6.25. The molecule has 0 saturated carbocycles. The predicted octanol–water partition coefficient (Wildman–Crippen LogP) is 2.34. The maximum Gasteiger partial charge on any atom is 0.0950 e. The van der Waals surface area contributed by atoms with E-state index in [1.165, 1.54) is 0 Å². The molecule has 3 nitrogen and oxygen atoms in total. The van der Waals surface area contributed by atoms with Crippen molar-refractivity contribution in [1.82, 2.24) is 0 Å². The fourth-order valence-electron chi connectivity index (χ4n) is 2.60. The number of rotatable bonds is 2. The Kier molecular flexibility index (Phi) is 2.85. The van der Waals surface area contributed by atoms with Crippen LogP contribution in [0, 0.1) is 11.8 Å². The molecule has 1 saturated heterocycles. The lowest BCUT2D eigenvalue weighted by molar-refractivity contribution is 0.0489. The van der Waals surface area contributed by atoms with Crippen LogP contribution < -0.4 is 5.73 Å². The third-order valence-electron chi connectivity index (χ3n) is 3.66. The van der Waals surface area contributed by atoms with Gasteiger partial charge in [-0.15, -0.1) is 0 Å². The molecule has 2 heterocycles. The van der Waals surface area contributed by atoms with Crippen molar-refractivity contribution in [3.05, 3.63) is 24.2 Å². The quantitative estimate of drug-likeness (QED) is 0.813. The molecule has 0 bridgehead atoms. The Morgan fingerprint density at radius 1 is 1.27 bits per heavy atom. The Morgan fingerprint density at radius 2 is 2.00 bits per heavy atom. The van der Waals surface area contributed by atoms with E-state index in [0.717, 1.165) is 5.56 Å². The van der Waals surface area contributed by atoms with Crippen molar-refractivity contribution >= 4 is 0 Å². The minimum atomic E-state index is 0.0127. The van der Waals surface area contributed by atoms with Gasteiger partial charge in [0.1, 0.15) is 0 Å². The van der Waals surface area contributed by atoms with Crippen molar-refractivity contribution in [1.29, 1.82) is 0 Å². The zero-order valence-electron chi connectivity index (χ0n) is 9.51. The van der Waals surface area contributed by atoms with Gasteiger partial charge in [-0.05, 0) is 25.8 Å². The van der Waals surface area contributed by atoms with Crippen molar-refractivity contribution in [3.63, 3.8) is 0 Å². The average Bonchev–Trinajstić information content (AvgIpc) is 2.76. The van der Waals surface area contributed by atoms with Gasteiger partial charge in [-0.3, -0.25) is 0 Å². The van der Waals surface area contributed by atoms with Crippen LogP contribution in [0.3, 0.4) is 0 Å². The monoisotopic (exact) mass is 209 g/mol. The van der Waals surface area contributed by atoms with Crippen LogP contribution in [0.1, 0.15) is 32.4 Å². The van der Waals surface area contributed by atoms with Gasteiger partial charge < -0.3 is 14.9 Å². The Morgan fingerprint density at radius 3 is 2.47 bits per heavy atom. The first-order valence-corrected chi connectivity index (χ1v) is 5.54. The second kappa shape index (κ2) is 3.99. The number of hydrogen-bond acceptors (Lipinski definition) is 3. The van der Waals surface area contributed by atoms with Gasteiger partial charge >= 0.3 is 0 Å². The zero-order valence-corrected chi connectivity index (χ0v) is 9.51. The molecular weight excluding hydrogens is 190 g/mol. The Balaban J connectivity index is 2.16. The summed E-state index contributed by atoms with van der Waals surface area (Å²) in [5.41, 5.74) is 7.31. The van der Waals surface area contributed by atoms with E-state index >= 15 is 0 Å². The molecule has 0 aromatic carbocycles. The van der Waals surface area contributed by atoms with Gasteiger partial charge in [-0.2, -0.15) is 0 Å². The fraction of sp³-hybridized carbons (Fsp3) is 0.667. The molecule has 5 unspecified atom stereocenters. The van der Waals surface area contributed by atoms with Gasteiger partial charge in [0, 0.05) is 17.5 Å². The zero-order chi connectivity index (χ0) is 11.0. The van der Waals surface area contributed by atoms with Crippen molar-refractivity contribution in [2.45, 2.75) is 39.0 Å². The highest BCUT2D eigenvalue weighted by molar-refractivity contribution is 5.14. The van der Waals surface area contributed by atoms with E-state index in [1.54, 1.807) is 12.5 Å². The summed E-state index contributed by atoms with van der Waals surface area (Å²) in [6.45, 7) is 6.42.